The summed E-state index contributed by atoms with van der Waals surface area (Å²) in [5.74, 6) is 0.268. The number of amides is 1. The van der Waals surface area contributed by atoms with Crippen LogP contribution in [0, 0.1) is 11.3 Å². The van der Waals surface area contributed by atoms with E-state index >= 15 is 0 Å². The second-order valence-corrected chi connectivity index (χ2v) is 9.23. The Labute approximate surface area is 202 Å². The van der Waals surface area contributed by atoms with E-state index in [1.807, 2.05) is 6.07 Å². The number of anilines is 1. The predicted molar refractivity (Wildman–Crippen MR) is 129 cm³/mol. The van der Waals surface area contributed by atoms with Gasteiger partial charge in [-0.25, -0.2) is 4.98 Å². The molecule has 33 heavy (non-hydrogen) atoms. The van der Waals surface area contributed by atoms with E-state index in [2.05, 4.69) is 10.3 Å². The first kappa shape index (κ1) is 22.9. The van der Waals surface area contributed by atoms with Gasteiger partial charge in [-0.3, -0.25) is 14.2 Å². The van der Waals surface area contributed by atoms with Gasteiger partial charge in [0.1, 0.15) is 11.8 Å². The minimum absolute atomic E-state index is 0.166. The summed E-state index contributed by atoms with van der Waals surface area (Å²) in [6.45, 7) is 1.87. The van der Waals surface area contributed by atoms with E-state index in [9.17, 15) is 9.59 Å². The van der Waals surface area contributed by atoms with Crippen molar-refractivity contribution in [2.45, 2.75) is 23.9 Å². The zero-order valence-electron chi connectivity index (χ0n) is 17.2. The lowest BCUT2D eigenvalue weighted by molar-refractivity contribution is -0.115. The Kier molecular flexibility index (Phi) is 6.75. The summed E-state index contributed by atoms with van der Waals surface area (Å²) >= 11 is 13.3. The number of thioether (sulfide) groups is 1. The maximum absolute atomic E-state index is 13.2. The van der Waals surface area contributed by atoms with E-state index in [0.717, 1.165) is 11.8 Å². The number of aromatic nitrogens is 2. The fraction of sp³-hybridized carbons (Fsp3) is 0.130. The van der Waals surface area contributed by atoms with E-state index in [1.165, 1.54) is 23.0 Å². The molecule has 4 aromatic rings. The van der Waals surface area contributed by atoms with Crippen LogP contribution in [-0.2, 0) is 11.3 Å². The van der Waals surface area contributed by atoms with Crippen LogP contribution in [0.5, 0.6) is 0 Å². The molecule has 0 radical (unpaired) electrons. The fourth-order valence-electron chi connectivity index (χ4n) is 3.10. The Morgan fingerprint density at radius 2 is 2.09 bits per heavy atom. The number of nitrogens with zero attached hydrogens (tertiary/aromatic N) is 3. The van der Waals surface area contributed by atoms with Crippen LogP contribution in [0.4, 0.5) is 5.69 Å². The zero-order chi connectivity index (χ0) is 23.5. The molecule has 0 bridgehead atoms. The van der Waals surface area contributed by atoms with Crippen LogP contribution in [0.2, 0.25) is 10.0 Å². The first-order valence-corrected chi connectivity index (χ1v) is 11.4. The Morgan fingerprint density at radius 3 is 2.79 bits per heavy atom. The highest BCUT2D eigenvalue weighted by molar-refractivity contribution is 8.00. The molecule has 2 heterocycles. The number of rotatable bonds is 6. The lowest BCUT2D eigenvalue weighted by atomic mass is 10.2. The highest BCUT2D eigenvalue weighted by Gasteiger charge is 2.21. The summed E-state index contributed by atoms with van der Waals surface area (Å²) in [5, 5.41) is 12.6. The van der Waals surface area contributed by atoms with Gasteiger partial charge in [-0.05, 0) is 55.5 Å². The van der Waals surface area contributed by atoms with Gasteiger partial charge >= 0.3 is 0 Å². The Morgan fingerprint density at radius 1 is 1.27 bits per heavy atom. The smallest absolute Gasteiger partial charge is 0.262 e. The van der Waals surface area contributed by atoms with Crippen molar-refractivity contribution in [3.8, 4) is 6.07 Å². The Hall–Kier alpha value is -3.25. The standard InChI is InChI=1S/C23H16Cl2N4O3S/c1-13(21(30)27-16-6-4-14(11-26)19(25)10-16)33-23-28-20-9-15(24)5-7-18(20)22(31)29(23)12-17-3-2-8-32-17/h2-10,13H,12H2,1H3,(H,27,30)/t13-/m1/s1. The molecule has 2 aromatic carbocycles. The largest absolute Gasteiger partial charge is 0.467 e. The van der Waals surface area contributed by atoms with E-state index in [0.29, 0.717) is 38.1 Å². The van der Waals surface area contributed by atoms with E-state index in [1.54, 1.807) is 43.3 Å². The lowest BCUT2D eigenvalue weighted by Gasteiger charge is -2.16. The second-order valence-electron chi connectivity index (χ2n) is 7.08. The molecule has 0 aliphatic rings. The number of fused-ring (bicyclic) bond motifs is 1. The number of nitriles is 1. The molecule has 2 aromatic heterocycles. The van der Waals surface area contributed by atoms with Crippen molar-refractivity contribution in [2.75, 3.05) is 5.32 Å². The van der Waals surface area contributed by atoms with Crippen LogP contribution in [0.1, 0.15) is 18.2 Å². The molecule has 166 valence electrons. The first-order valence-electron chi connectivity index (χ1n) is 9.75. The fourth-order valence-corrected chi connectivity index (χ4v) is 4.40. The summed E-state index contributed by atoms with van der Waals surface area (Å²) in [5.41, 5.74) is 0.958. The van der Waals surface area contributed by atoms with Crippen LogP contribution in [0.15, 0.2) is 69.2 Å². The van der Waals surface area contributed by atoms with Crippen LogP contribution in [0.3, 0.4) is 0 Å². The molecule has 1 atom stereocenters. The molecule has 7 nitrogen and oxygen atoms in total. The predicted octanol–water partition coefficient (Wildman–Crippen LogP) is 5.34. The van der Waals surface area contributed by atoms with Crippen LogP contribution < -0.4 is 10.9 Å². The maximum atomic E-state index is 13.2. The Bertz CT molecular complexity index is 1440. The van der Waals surface area contributed by atoms with Gasteiger partial charge in [0.2, 0.25) is 5.91 Å². The van der Waals surface area contributed by atoms with Gasteiger partial charge in [0.15, 0.2) is 5.16 Å². The van der Waals surface area contributed by atoms with Gasteiger partial charge in [0, 0.05) is 10.7 Å². The summed E-state index contributed by atoms with van der Waals surface area (Å²) in [6.07, 6.45) is 1.53. The number of nitrogens with one attached hydrogen (secondary N) is 1. The van der Waals surface area contributed by atoms with Crippen molar-refractivity contribution in [1.82, 2.24) is 9.55 Å². The molecule has 0 aliphatic carbocycles. The number of carbonyl (C=O) groups excluding carboxylic acids is 1. The number of hydrogen-bond donors (Lipinski definition) is 1. The number of carbonyl (C=O) groups is 1. The van der Waals surface area contributed by atoms with Crippen molar-refractivity contribution in [2.24, 2.45) is 0 Å². The zero-order valence-corrected chi connectivity index (χ0v) is 19.5. The number of halogens is 2. The summed E-state index contributed by atoms with van der Waals surface area (Å²) in [4.78, 5) is 30.6. The van der Waals surface area contributed by atoms with E-state index in [4.69, 9.17) is 32.9 Å². The maximum Gasteiger partial charge on any atom is 0.262 e. The molecule has 0 saturated heterocycles. The molecule has 4 rings (SSSR count). The molecule has 0 spiro atoms. The molecule has 1 amide bonds. The summed E-state index contributed by atoms with van der Waals surface area (Å²) in [6, 6.07) is 15.0. The molecular weight excluding hydrogens is 483 g/mol. The first-order chi connectivity index (χ1) is 15.9. The van der Waals surface area contributed by atoms with Crippen LogP contribution >= 0.6 is 35.0 Å². The van der Waals surface area contributed by atoms with Gasteiger partial charge < -0.3 is 9.73 Å². The summed E-state index contributed by atoms with van der Waals surface area (Å²) < 4.78 is 6.88. The van der Waals surface area contributed by atoms with Crippen LogP contribution in [-0.4, -0.2) is 20.7 Å². The molecule has 0 saturated carbocycles. The number of benzene rings is 2. The number of furan rings is 1. The van der Waals surface area contributed by atoms with Crippen LogP contribution in [0.25, 0.3) is 10.9 Å². The molecule has 0 unspecified atom stereocenters. The van der Waals surface area contributed by atoms with Gasteiger partial charge in [0.05, 0.1) is 39.5 Å². The highest BCUT2D eigenvalue weighted by atomic mass is 35.5. The monoisotopic (exact) mass is 498 g/mol. The number of hydrogen-bond acceptors (Lipinski definition) is 6. The SMILES string of the molecule is C[C@@H](Sc1nc2cc(Cl)ccc2c(=O)n1Cc1ccco1)C(=O)Nc1ccc(C#N)c(Cl)c1. The highest BCUT2D eigenvalue weighted by Crippen LogP contribution is 2.26. The third-order valence-corrected chi connectivity index (χ3v) is 6.42. The van der Waals surface area contributed by atoms with Gasteiger partial charge in [-0.1, -0.05) is 35.0 Å². The molecule has 0 fully saturated rings. The summed E-state index contributed by atoms with van der Waals surface area (Å²) in [7, 11) is 0. The van der Waals surface area contributed by atoms with Crippen molar-refractivity contribution >= 4 is 57.5 Å². The second kappa shape index (κ2) is 9.71. The van der Waals surface area contributed by atoms with Crippen molar-refractivity contribution in [1.29, 1.82) is 5.26 Å². The minimum atomic E-state index is -0.606. The third-order valence-electron chi connectivity index (χ3n) is 4.78. The minimum Gasteiger partial charge on any atom is -0.467 e. The van der Waals surface area contributed by atoms with Gasteiger partial charge in [-0.15, -0.1) is 0 Å². The lowest BCUT2D eigenvalue weighted by Crippen LogP contribution is -2.27. The van der Waals surface area contributed by atoms with E-state index in [-0.39, 0.29) is 23.0 Å². The van der Waals surface area contributed by atoms with Crippen molar-refractivity contribution < 1.29 is 9.21 Å². The molecular formula is C23H16Cl2N4O3S. The molecule has 0 aliphatic heterocycles. The normalized spacial score (nSPS) is 11.8. The van der Waals surface area contributed by atoms with E-state index < -0.39 is 5.25 Å². The van der Waals surface area contributed by atoms with Crippen molar-refractivity contribution in [3.05, 3.63) is 86.5 Å². The van der Waals surface area contributed by atoms with Gasteiger partial charge in [-0.2, -0.15) is 5.26 Å². The Balaban J connectivity index is 1.64. The van der Waals surface area contributed by atoms with Crippen molar-refractivity contribution in [3.63, 3.8) is 0 Å². The quantitative estimate of drug-likeness (QED) is 0.284. The average Bonchev–Trinajstić information content (AvgIpc) is 3.29. The molecule has 1 N–H and O–H groups in total. The topological polar surface area (TPSA) is 101 Å². The average molecular weight is 499 g/mol. The third kappa shape index (κ3) is 5.06. The van der Waals surface area contributed by atoms with Gasteiger partial charge in [0.25, 0.3) is 5.56 Å². The molecule has 10 heteroatoms.